The number of amides is 3. The number of carbonyl (C=O) groups is 2. The summed E-state index contributed by atoms with van der Waals surface area (Å²) in [5.74, 6) is 0.859. The molecule has 8 nitrogen and oxygen atoms in total. The Morgan fingerprint density at radius 2 is 2.08 bits per heavy atom. The first-order valence-corrected chi connectivity index (χ1v) is 8.32. The number of benzene rings is 1. The van der Waals surface area contributed by atoms with E-state index in [0.717, 1.165) is 24.2 Å². The van der Waals surface area contributed by atoms with Gasteiger partial charge in [0, 0.05) is 32.2 Å². The van der Waals surface area contributed by atoms with Crippen molar-refractivity contribution in [1.29, 1.82) is 0 Å². The molecule has 0 aliphatic carbocycles. The molecule has 1 fully saturated rings. The van der Waals surface area contributed by atoms with Crippen molar-refractivity contribution >= 4 is 17.6 Å². The number of hydrogen-bond acceptors (Lipinski definition) is 4. The van der Waals surface area contributed by atoms with Gasteiger partial charge < -0.3 is 20.1 Å². The summed E-state index contributed by atoms with van der Waals surface area (Å²) in [5, 5.41) is 13.4. The Morgan fingerprint density at radius 1 is 1.32 bits per heavy atom. The summed E-state index contributed by atoms with van der Waals surface area (Å²) < 4.78 is 1.77. The number of nitrogens with one attached hydrogen (secondary N) is 2. The summed E-state index contributed by atoms with van der Waals surface area (Å²) in [4.78, 5) is 25.6. The van der Waals surface area contributed by atoms with Gasteiger partial charge in [-0.3, -0.25) is 4.79 Å². The first kappa shape index (κ1) is 16.9. The molecule has 1 atom stereocenters. The molecule has 2 heterocycles. The maximum Gasteiger partial charge on any atom is 0.315 e. The molecule has 25 heavy (non-hydrogen) atoms. The van der Waals surface area contributed by atoms with Crippen molar-refractivity contribution in [2.45, 2.75) is 32.4 Å². The number of nitrogens with zero attached hydrogens (tertiary/aromatic N) is 4. The van der Waals surface area contributed by atoms with Gasteiger partial charge >= 0.3 is 6.03 Å². The molecule has 0 saturated carbocycles. The molecule has 8 heteroatoms. The van der Waals surface area contributed by atoms with E-state index in [1.807, 2.05) is 38.2 Å². The predicted octanol–water partition coefficient (Wildman–Crippen LogP) is 1.50. The van der Waals surface area contributed by atoms with Crippen LogP contribution in [0.15, 0.2) is 30.6 Å². The topological polar surface area (TPSA) is 92.2 Å². The Balaban J connectivity index is 1.50. The normalized spacial score (nSPS) is 15.3. The number of hydrogen-bond donors (Lipinski definition) is 2. The van der Waals surface area contributed by atoms with E-state index in [9.17, 15) is 9.59 Å². The molecule has 2 aromatic rings. The van der Waals surface area contributed by atoms with Gasteiger partial charge in [0.1, 0.15) is 6.33 Å². The average molecular weight is 342 g/mol. The highest BCUT2D eigenvalue weighted by Crippen LogP contribution is 2.21. The monoisotopic (exact) mass is 342 g/mol. The van der Waals surface area contributed by atoms with Crippen LogP contribution < -0.4 is 15.5 Å². The molecule has 2 N–H and O–H groups in total. The van der Waals surface area contributed by atoms with Crippen molar-refractivity contribution in [3.05, 3.63) is 42.0 Å². The van der Waals surface area contributed by atoms with E-state index in [2.05, 4.69) is 20.8 Å². The maximum absolute atomic E-state index is 12.0. The van der Waals surface area contributed by atoms with Crippen LogP contribution in [0.1, 0.15) is 37.2 Å². The van der Waals surface area contributed by atoms with E-state index in [1.54, 1.807) is 15.8 Å². The van der Waals surface area contributed by atoms with Gasteiger partial charge in [-0.1, -0.05) is 12.1 Å². The minimum absolute atomic E-state index is 0.169. The number of aryl methyl sites for hydroxylation is 1. The minimum atomic E-state index is -0.269. The second-order valence-corrected chi connectivity index (χ2v) is 6.16. The number of urea groups is 1. The average Bonchev–Trinajstić information content (AvgIpc) is 3.21. The minimum Gasteiger partial charge on any atom is -0.334 e. The maximum atomic E-state index is 12.0. The van der Waals surface area contributed by atoms with Crippen molar-refractivity contribution in [2.75, 3.05) is 11.4 Å². The molecule has 0 radical (unpaired) electrons. The number of aromatic nitrogens is 3. The lowest BCUT2D eigenvalue weighted by atomic mass is 10.2. The van der Waals surface area contributed by atoms with E-state index < -0.39 is 0 Å². The molecular weight excluding hydrogens is 320 g/mol. The van der Waals surface area contributed by atoms with Crippen LogP contribution >= 0.6 is 0 Å². The molecule has 132 valence electrons. The van der Waals surface area contributed by atoms with Crippen LogP contribution in [0, 0.1) is 0 Å². The van der Waals surface area contributed by atoms with Gasteiger partial charge in [0.15, 0.2) is 5.82 Å². The summed E-state index contributed by atoms with van der Waals surface area (Å²) in [6.45, 7) is 3.04. The Morgan fingerprint density at radius 3 is 2.68 bits per heavy atom. The van der Waals surface area contributed by atoms with Crippen LogP contribution in [-0.4, -0.2) is 33.2 Å². The largest absolute Gasteiger partial charge is 0.334 e. The molecule has 3 amide bonds. The number of rotatable bonds is 5. The number of carbonyl (C=O) groups excluding carboxylic acids is 2. The van der Waals surface area contributed by atoms with E-state index in [0.29, 0.717) is 18.8 Å². The summed E-state index contributed by atoms with van der Waals surface area (Å²) >= 11 is 0. The Labute approximate surface area is 146 Å². The first-order valence-electron chi connectivity index (χ1n) is 8.32. The van der Waals surface area contributed by atoms with Gasteiger partial charge in [-0.05, 0) is 31.0 Å². The van der Waals surface area contributed by atoms with E-state index in [4.69, 9.17) is 0 Å². The molecule has 1 aliphatic heterocycles. The third-order valence-corrected chi connectivity index (χ3v) is 4.26. The first-order chi connectivity index (χ1) is 12.0. The molecule has 0 unspecified atom stereocenters. The molecule has 3 rings (SSSR count). The fourth-order valence-electron chi connectivity index (χ4n) is 2.89. The van der Waals surface area contributed by atoms with Crippen molar-refractivity contribution in [1.82, 2.24) is 25.4 Å². The zero-order valence-electron chi connectivity index (χ0n) is 14.4. The lowest BCUT2D eigenvalue weighted by Crippen LogP contribution is -2.37. The van der Waals surface area contributed by atoms with E-state index in [-0.39, 0.29) is 18.0 Å². The lowest BCUT2D eigenvalue weighted by molar-refractivity contribution is -0.117. The van der Waals surface area contributed by atoms with Crippen LogP contribution in [0.5, 0.6) is 0 Å². The SMILES string of the molecule is C[C@@H](NC(=O)NCc1ccc(N2CCCC2=O)cc1)c1nncn1C. The van der Waals surface area contributed by atoms with Gasteiger partial charge in [-0.15, -0.1) is 10.2 Å². The Bertz CT molecular complexity index is 755. The summed E-state index contributed by atoms with van der Waals surface area (Å²) in [5.41, 5.74) is 1.88. The number of anilines is 1. The van der Waals surface area contributed by atoms with E-state index >= 15 is 0 Å². The van der Waals surface area contributed by atoms with Crippen molar-refractivity contribution < 1.29 is 9.59 Å². The van der Waals surface area contributed by atoms with Gasteiger partial charge in [0.25, 0.3) is 0 Å². The fraction of sp³-hybridized carbons (Fsp3) is 0.412. The summed E-state index contributed by atoms with van der Waals surface area (Å²) in [6.07, 6.45) is 3.12. The van der Waals surface area contributed by atoms with Crippen LogP contribution in [0.4, 0.5) is 10.5 Å². The van der Waals surface area contributed by atoms with Crippen LogP contribution in [0.25, 0.3) is 0 Å². The van der Waals surface area contributed by atoms with Crippen molar-refractivity contribution in [2.24, 2.45) is 7.05 Å². The van der Waals surface area contributed by atoms with Gasteiger partial charge in [0.2, 0.25) is 5.91 Å². The standard InChI is InChI=1S/C17H22N6O2/c1-12(16-21-19-11-22(16)2)20-17(25)18-10-13-5-7-14(8-6-13)23-9-3-4-15(23)24/h5-8,11-12H,3-4,9-10H2,1-2H3,(H2,18,20,25)/t12-/m1/s1. The van der Waals surface area contributed by atoms with Crippen molar-refractivity contribution in [3.63, 3.8) is 0 Å². The van der Waals surface area contributed by atoms with Crippen LogP contribution in [0.2, 0.25) is 0 Å². The summed E-state index contributed by atoms with van der Waals surface area (Å²) in [7, 11) is 1.83. The van der Waals surface area contributed by atoms with Crippen LogP contribution in [-0.2, 0) is 18.4 Å². The molecule has 1 saturated heterocycles. The fourth-order valence-corrected chi connectivity index (χ4v) is 2.89. The highest BCUT2D eigenvalue weighted by atomic mass is 16.2. The third kappa shape index (κ3) is 3.96. The highest BCUT2D eigenvalue weighted by molar-refractivity contribution is 5.95. The highest BCUT2D eigenvalue weighted by Gasteiger charge is 2.21. The Kier molecular flexibility index (Phi) is 4.97. The zero-order chi connectivity index (χ0) is 17.8. The molecule has 1 aromatic heterocycles. The van der Waals surface area contributed by atoms with Gasteiger partial charge in [-0.2, -0.15) is 0 Å². The third-order valence-electron chi connectivity index (χ3n) is 4.26. The van der Waals surface area contributed by atoms with Crippen molar-refractivity contribution in [3.8, 4) is 0 Å². The molecule has 1 aromatic carbocycles. The lowest BCUT2D eigenvalue weighted by Gasteiger charge is -2.16. The zero-order valence-corrected chi connectivity index (χ0v) is 14.4. The molecule has 0 spiro atoms. The Hall–Kier alpha value is -2.90. The molecule has 1 aliphatic rings. The van der Waals surface area contributed by atoms with Crippen LogP contribution in [0.3, 0.4) is 0 Å². The quantitative estimate of drug-likeness (QED) is 0.861. The second kappa shape index (κ2) is 7.33. The second-order valence-electron chi connectivity index (χ2n) is 6.16. The van der Waals surface area contributed by atoms with Gasteiger partial charge in [0.05, 0.1) is 6.04 Å². The summed E-state index contributed by atoms with van der Waals surface area (Å²) in [6, 6.07) is 7.17. The van der Waals surface area contributed by atoms with E-state index in [1.165, 1.54) is 0 Å². The van der Waals surface area contributed by atoms with Gasteiger partial charge in [-0.25, -0.2) is 4.79 Å². The smallest absolute Gasteiger partial charge is 0.315 e. The molecule has 0 bridgehead atoms. The predicted molar refractivity (Wildman–Crippen MR) is 92.8 cm³/mol. The molecular formula is C17H22N6O2.